The minimum atomic E-state index is -0.174. The second-order valence-corrected chi connectivity index (χ2v) is 6.71. The Labute approximate surface area is 144 Å². The Balaban J connectivity index is 1.70. The molecular formula is C18H17N3O2S. The first-order valence-electron chi connectivity index (χ1n) is 7.48. The summed E-state index contributed by atoms with van der Waals surface area (Å²) in [7, 11) is 0. The maximum absolute atomic E-state index is 12.1. The Kier molecular flexibility index (Phi) is 4.57. The van der Waals surface area contributed by atoms with E-state index in [0.29, 0.717) is 11.7 Å². The molecular weight excluding hydrogens is 322 g/mol. The molecule has 1 N–H and O–H groups in total. The van der Waals surface area contributed by atoms with Gasteiger partial charge in [0.05, 0.1) is 10.6 Å². The van der Waals surface area contributed by atoms with E-state index in [4.69, 9.17) is 4.52 Å². The van der Waals surface area contributed by atoms with Crippen LogP contribution in [0, 0.1) is 20.8 Å². The monoisotopic (exact) mass is 339 g/mol. The molecule has 5 nitrogen and oxygen atoms in total. The third-order valence-electron chi connectivity index (χ3n) is 3.43. The van der Waals surface area contributed by atoms with Crippen molar-refractivity contribution in [1.82, 2.24) is 10.1 Å². The van der Waals surface area contributed by atoms with Crippen LogP contribution in [0.15, 0.2) is 40.9 Å². The average molecular weight is 339 g/mol. The summed E-state index contributed by atoms with van der Waals surface area (Å²) in [4.78, 5) is 18.2. The number of aromatic nitrogens is 2. The predicted molar refractivity (Wildman–Crippen MR) is 95.9 cm³/mol. The van der Waals surface area contributed by atoms with E-state index in [9.17, 15) is 4.79 Å². The first-order chi connectivity index (χ1) is 11.5. The molecule has 6 heteroatoms. The van der Waals surface area contributed by atoms with Crippen molar-refractivity contribution in [3.63, 3.8) is 0 Å². The fraction of sp³-hybridized carbons (Fsp3) is 0.167. The fourth-order valence-electron chi connectivity index (χ4n) is 2.14. The quantitative estimate of drug-likeness (QED) is 0.717. The van der Waals surface area contributed by atoms with Gasteiger partial charge >= 0.3 is 0 Å². The van der Waals surface area contributed by atoms with Crippen LogP contribution in [0.5, 0.6) is 0 Å². The largest absolute Gasteiger partial charge is 0.339 e. The summed E-state index contributed by atoms with van der Waals surface area (Å²) in [5.74, 6) is 0.881. The van der Waals surface area contributed by atoms with Gasteiger partial charge in [0, 0.05) is 17.9 Å². The maximum Gasteiger partial charge on any atom is 0.248 e. The molecule has 3 aromatic rings. The second-order valence-electron chi connectivity index (χ2n) is 5.45. The number of hydrogen-bond acceptors (Lipinski definition) is 5. The average Bonchev–Trinajstić information content (AvgIpc) is 3.13. The van der Waals surface area contributed by atoms with E-state index in [1.807, 2.05) is 44.2 Å². The Morgan fingerprint density at radius 3 is 2.62 bits per heavy atom. The molecule has 0 fully saturated rings. The van der Waals surface area contributed by atoms with Gasteiger partial charge in [-0.1, -0.05) is 35.0 Å². The van der Waals surface area contributed by atoms with Gasteiger partial charge < -0.3 is 9.84 Å². The molecule has 1 aromatic carbocycles. The Morgan fingerprint density at radius 2 is 1.96 bits per heavy atom. The summed E-state index contributed by atoms with van der Waals surface area (Å²) >= 11 is 1.52. The highest BCUT2D eigenvalue weighted by Crippen LogP contribution is 2.32. The van der Waals surface area contributed by atoms with E-state index < -0.39 is 0 Å². The van der Waals surface area contributed by atoms with Crippen molar-refractivity contribution in [3.8, 4) is 10.7 Å². The van der Waals surface area contributed by atoms with Gasteiger partial charge in [-0.2, -0.15) is 4.98 Å². The van der Waals surface area contributed by atoms with Crippen molar-refractivity contribution in [1.29, 1.82) is 0 Å². The molecule has 2 aromatic heterocycles. The third kappa shape index (κ3) is 3.78. The number of hydrogen-bond donors (Lipinski definition) is 1. The minimum Gasteiger partial charge on any atom is -0.339 e. The van der Waals surface area contributed by atoms with Crippen LogP contribution < -0.4 is 5.32 Å². The number of nitrogens with zero attached hydrogens (tertiary/aromatic N) is 2. The van der Waals surface area contributed by atoms with E-state index >= 15 is 0 Å². The van der Waals surface area contributed by atoms with Crippen molar-refractivity contribution in [3.05, 3.63) is 58.3 Å². The van der Waals surface area contributed by atoms with Gasteiger partial charge in [-0.25, -0.2) is 0 Å². The van der Waals surface area contributed by atoms with Crippen molar-refractivity contribution in [2.45, 2.75) is 20.8 Å². The van der Waals surface area contributed by atoms with E-state index in [-0.39, 0.29) is 5.91 Å². The van der Waals surface area contributed by atoms with Crippen molar-refractivity contribution in [2.75, 3.05) is 5.32 Å². The summed E-state index contributed by atoms with van der Waals surface area (Å²) in [6.07, 6.45) is 3.32. The van der Waals surface area contributed by atoms with Gasteiger partial charge in [-0.15, -0.1) is 11.3 Å². The zero-order valence-corrected chi connectivity index (χ0v) is 14.5. The van der Waals surface area contributed by atoms with E-state index in [1.54, 1.807) is 13.0 Å². The molecule has 0 aliphatic carbocycles. The molecule has 0 radical (unpaired) electrons. The summed E-state index contributed by atoms with van der Waals surface area (Å²) < 4.78 is 4.99. The molecule has 24 heavy (non-hydrogen) atoms. The Morgan fingerprint density at radius 1 is 1.21 bits per heavy atom. The lowest BCUT2D eigenvalue weighted by Gasteiger charge is -2.00. The van der Waals surface area contributed by atoms with Crippen molar-refractivity contribution in [2.24, 2.45) is 0 Å². The lowest BCUT2D eigenvalue weighted by Crippen LogP contribution is -2.07. The normalized spacial score (nSPS) is 11.1. The smallest absolute Gasteiger partial charge is 0.248 e. The van der Waals surface area contributed by atoms with Crippen LogP contribution in [0.2, 0.25) is 0 Å². The number of amides is 1. The number of benzene rings is 1. The fourth-order valence-corrected chi connectivity index (χ4v) is 3.04. The van der Waals surface area contributed by atoms with Crippen LogP contribution in [0.4, 0.5) is 5.69 Å². The number of aryl methyl sites for hydroxylation is 3. The lowest BCUT2D eigenvalue weighted by atomic mass is 10.1. The molecule has 0 saturated heterocycles. The number of carbonyl (C=O) groups is 1. The highest BCUT2D eigenvalue weighted by atomic mass is 32.1. The lowest BCUT2D eigenvalue weighted by molar-refractivity contribution is -0.111. The standard InChI is InChI=1S/C18H17N3O2S/c1-11-4-6-14(7-5-11)8-9-17(22)20-15-10-16(24-12(15)2)18-19-13(3)23-21-18/h4-10H,1-3H3,(H,20,22)/b9-8+. The predicted octanol–water partition coefficient (Wildman–Crippen LogP) is 4.38. The number of rotatable bonds is 4. The Hall–Kier alpha value is -2.73. The molecule has 0 spiro atoms. The molecule has 0 atom stereocenters. The summed E-state index contributed by atoms with van der Waals surface area (Å²) in [5.41, 5.74) is 2.94. The number of thiophene rings is 1. The van der Waals surface area contributed by atoms with Gasteiger partial charge in [0.2, 0.25) is 17.6 Å². The summed E-state index contributed by atoms with van der Waals surface area (Å²) in [6, 6.07) is 9.85. The van der Waals surface area contributed by atoms with E-state index in [2.05, 4.69) is 15.5 Å². The molecule has 3 rings (SSSR count). The zero-order valence-electron chi connectivity index (χ0n) is 13.7. The van der Waals surface area contributed by atoms with Crippen LogP contribution in [0.25, 0.3) is 16.8 Å². The summed E-state index contributed by atoms with van der Waals surface area (Å²) in [5, 5.41) is 6.79. The molecule has 0 aliphatic rings. The molecule has 0 unspecified atom stereocenters. The summed E-state index contributed by atoms with van der Waals surface area (Å²) in [6.45, 7) is 5.72. The van der Waals surface area contributed by atoms with Gasteiger partial charge in [0.15, 0.2) is 0 Å². The van der Waals surface area contributed by atoms with E-state index in [0.717, 1.165) is 21.0 Å². The molecule has 2 heterocycles. The first kappa shape index (κ1) is 16.1. The van der Waals surface area contributed by atoms with Crippen LogP contribution in [-0.2, 0) is 4.79 Å². The Bertz CT molecular complexity index is 891. The second kappa shape index (κ2) is 6.80. The highest BCUT2D eigenvalue weighted by molar-refractivity contribution is 7.16. The van der Waals surface area contributed by atoms with Gasteiger partial charge in [0.1, 0.15) is 0 Å². The van der Waals surface area contributed by atoms with Gasteiger partial charge in [-0.3, -0.25) is 4.79 Å². The molecule has 1 amide bonds. The van der Waals surface area contributed by atoms with Crippen LogP contribution in [-0.4, -0.2) is 16.0 Å². The number of nitrogens with one attached hydrogen (secondary N) is 1. The van der Waals surface area contributed by atoms with Crippen LogP contribution >= 0.6 is 11.3 Å². The number of carbonyl (C=O) groups excluding carboxylic acids is 1. The minimum absolute atomic E-state index is 0.174. The molecule has 0 aliphatic heterocycles. The van der Waals surface area contributed by atoms with Crippen molar-refractivity contribution < 1.29 is 9.32 Å². The topological polar surface area (TPSA) is 68.0 Å². The van der Waals surface area contributed by atoms with Gasteiger partial charge in [0.25, 0.3) is 0 Å². The molecule has 122 valence electrons. The van der Waals surface area contributed by atoms with Crippen molar-refractivity contribution >= 4 is 29.0 Å². The SMILES string of the molecule is Cc1ccc(/C=C/C(=O)Nc2cc(-c3noc(C)n3)sc2C)cc1. The maximum atomic E-state index is 12.1. The number of anilines is 1. The van der Waals surface area contributed by atoms with Crippen LogP contribution in [0.3, 0.4) is 0 Å². The zero-order chi connectivity index (χ0) is 17.1. The van der Waals surface area contributed by atoms with Crippen LogP contribution in [0.1, 0.15) is 21.9 Å². The first-order valence-corrected chi connectivity index (χ1v) is 8.30. The molecule has 0 saturated carbocycles. The molecule has 0 bridgehead atoms. The highest BCUT2D eigenvalue weighted by Gasteiger charge is 2.13. The van der Waals surface area contributed by atoms with Gasteiger partial charge in [-0.05, 0) is 31.6 Å². The van der Waals surface area contributed by atoms with E-state index in [1.165, 1.54) is 23.0 Å². The third-order valence-corrected chi connectivity index (χ3v) is 4.47.